The van der Waals surface area contributed by atoms with Gasteiger partial charge in [-0.05, 0) is 104 Å². The summed E-state index contributed by atoms with van der Waals surface area (Å²) in [5, 5.41) is 21.5. The van der Waals surface area contributed by atoms with E-state index in [1.54, 1.807) is 5.57 Å². The highest BCUT2D eigenvalue weighted by atomic mass is 16.3. The van der Waals surface area contributed by atoms with Crippen molar-refractivity contribution in [2.75, 3.05) is 6.54 Å². The first-order chi connectivity index (χ1) is 14.2. The molecular weight excluding hydrogens is 370 g/mol. The molecule has 0 amide bonds. The van der Waals surface area contributed by atoms with Crippen LogP contribution in [0.25, 0.3) is 0 Å². The average Bonchev–Trinajstić information content (AvgIpc) is 2.98. The van der Waals surface area contributed by atoms with Gasteiger partial charge in [0.15, 0.2) is 0 Å². The monoisotopic (exact) mass is 417 g/mol. The molecule has 0 heterocycles. The number of allylic oxidation sites excluding steroid dienone is 1. The second-order valence-corrected chi connectivity index (χ2v) is 12.3. The summed E-state index contributed by atoms with van der Waals surface area (Å²) in [5.74, 6) is 3.77. The minimum Gasteiger partial charge on any atom is -0.393 e. The Morgan fingerprint density at radius 1 is 1.10 bits per heavy atom. The minimum absolute atomic E-state index is 0.129. The molecule has 0 aromatic rings. The van der Waals surface area contributed by atoms with Gasteiger partial charge in [-0.3, -0.25) is 0 Å². The van der Waals surface area contributed by atoms with Crippen LogP contribution < -0.4 is 5.73 Å². The van der Waals surface area contributed by atoms with E-state index in [4.69, 9.17) is 5.73 Å². The Morgan fingerprint density at radius 3 is 2.60 bits per heavy atom. The molecule has 0 bridgehead atoms. The standard InChI is InChI=1S/C27H47NO2/c1-17(16-28)6-5-7-18(2)25-24(30)15-23-21-9-8-19-14-20(29)10-12-26(19,3)22(21)11-13-27(23,25)4/h8,17-18,20-25,29-30H,5-7,9-16,28H2,1-4H3. The number of rotatable bonds is 6. The van der Waals surface area contributed by atoms with Crippen LogP contribution in [0.2, 0.25) is 0 Å². The van der Waals surface area contributed by atoms with Crippen molar-refractivity contribution in [3.05, 3.63) is 11.6 Å². The zero-order chi connectivity index (χ0) is 21.7. The Balaban J connectivity index is 1.50. The van der Waals surface area contributed by atoms with Crippen molar-refractivity contribution in [3.8, 4) is 0 Å². The van der Waals surface area contributed by atoms with Crippen molar-refractivity contribution in [2.24, 2.45) is 52.1 Å². The maximum atomic E-state index is 11.3. The summed E-state index contributed by atoms with van der Waals surface area (Å²) < 4.78 is 0. The van der Waals surface area contributed by atoms with E-state index in [0.29, 0.717) is 23.7 Å². The van der Waals surface area contributed by atoms with Crippen molar-refractivity contribution < 1.29 is 10.2 Å². The molecule has 172 valence electrons. The third-order valence-corrected chi connectivity index (χ3v) is 10.6. The molecule has 3 nitrogen and oxygen atoms in total. The fourth-order valence-corrected chi connectivity index (χ4v) is 8.81. The Bertz CT molecular complexity index is 647. The number of aliphatic hydroxyl groups is 2. The molecule has 0 aromatic carbocycles. The van der Waals surface area contributed by atoms with Gasteiger partial charge in [0.1, 0.15) is 0 Å². The van der Waals surface area contributed by atoms with Gasteiger partial charge in [-0.15, -0.1) is 0 Å². The van der Waals surface area contributed by atoms with Gasteiger partial charge in [0, 0.05) is 0 Å². The first-order valence-electron chi connectivity index (χ1n) is 13.0. The van der Waals surface area contributed by atoms with Gasteiger partial charge < -0.3 is 15.9 Å². The first kappa shape index (κ1) is 22.8. The fourth-order valence-electron chi connectivity index (χ4n) is 8.81. The molecule has 3 saturated carbocycles. The van der Waals surface area contributed by atoms with E-state index in [1.807, 2.05) is 0 Å². The maximum Gasteiger partial charge on any atom is 0.0579 e. The predicted octanol–water partition coefficient (Wildman–Crippen LogP) is 5.30. The second kappa shape index (κ2) is 8.52. The van der Waals surface area contributed by atoms with Crippen molar-refractivity contribution in [1.82, 2.24) is 0 Å². The molecule has 4 rings (SSSR count). The summed E-state index contributed by atoms with van der Waals surface area (Å²) in [7, 11) is 0. The molecule has 0 aliphatic heterocycles. The molecule has 3 fully saturated rings. The van der Waals surface area contributed by atoms with E-state index in [9.17, 15) is 10.2 Å². The molecule has 0 saturated heterocycles. The summed E-state index contributed by atoms with van der Waals surface area (Å²) in [4.78, 5) is 0. The molecule has 0 spiro atoms. The van der Waals surface area contributed by atoms with Gasteiger partial charge >= 0.3 is 0 Å². The fraction of sp³-hybridized carbons (Fsp3) is 0.926. The van der Waals surface area contributed by atoms with E-state index in [2.05, 4.69) is 33.8 Å². The van der Waals surface area contributed by atoms with Crippen LogP contribution >= 0.6 is 0 Å². The lowest BCUT2D eigenvalue weighted by atomic mass is 9.47. The highest BCUT2D eigenvalue weighted by Crippen LogP contribution is 2.67. The van der Waals surface area contributed by atoms with Gasteiger partial charge in [0.2, 0.25) is 0 Å². The van der Waals surface area contributed by atoms with E-state index < -0.39 is 0 Å². The highest BCUT2D eigenvalue weighted by Gasteiger charge is 2.61. The maximum absolute atomic E-state index is 11.3. The van der Waals surface area contributed by atoms with E-state index in [-0.39, 0.29) is 23.0 Å². The smallest absolute Gasteiger partial charge is 0.0579 e. The van der Waals surface area contributed by atoms with Gasteiger partial charge in [-0.25, -0.2) is 0 Å². The Labute approximate surface area is 184 Å². The number of hydrogen-bond donors (Lipinski definition) is 3. The Kier molecular flexibility index (Phi) is 6.48. The molecule has 10 atom stereocenters. The third-order valence-electron chi connectivity index (χ3n) is 10.6. The van der Waals surface area contributed by atoms with Gasteiger partial charge in [0.05, 0.1) is 12.2 Å². The van der Waals surface area contributed by atoms with Crippen LogP contribution in [-0.2, 0) is 0 Å². The molecule has 30 heavy (non-hydrogen) atoms. The zero-order valence-corrected chi connectivity index (χ0v) is 19.9. The van der Waals surface area contributed by atoms with Crippen LogP contribution in [0.3, 0.4) is 0 Å². The molecule has 0 aromatic heterocycles. The van der Waals surface area contributed by atoms with Crippen molar-refractivity contribution in [3.63, 3.8) is 0 Å². The third kappa shape index (κ3) is 3.71. The topological polar surface area (TPSA) is 66.5 Å². The van der Waals surface area contributed by atoms with E-state index in [1.165, 1.54) is 38.5 Å². The molecular formula is C27H47NO2. The summed E-state index contributed by atoms with van der Waals surface area (Å²) in [6.07, 6.45) is 13.7. The quantitative estimate of drug-likeness (QED) is 0.514. The van der Waals surface area contributed by atoms with Crippen LogP contribution in [0, 0.1) is 46.3 Å². The number of nitrogens with two attached hydrogens (primary N) is 1. The van der Waals surface area contributed by atoms with Crippen molar-refractivity contribution in [2.45, 2.75) is 104 Å². The van der Waals surface area contributed by atoms with Gasteiger partial charge in [-0.2, -0.15) is 0 Å². The Morgan fingerprint density at radius 2 is 1.87 bits per heavy atom. The molecule has 0 radical (unpaired) electrons. The minimum atomic E-state index is -0.132. The first-order valence-corrected chi connectivity index (χ1v) is 13.0. The normalized spacial score (nSPS) is 47.6. The van der Waals surface area contributed by atoms with Crippen molar-refractivity contribution in [1.29, 1.82) is 0 Å². The highest BCUT2D eigenvalue weighted by molar-refractivity contribution is 5.25. The molecule has 4 aliphatic rings. The summed E-state index contributed by atoms with van der Waals surface area (Å²) in [5.41, 5.74) is 7.93. The predicted molar refractivity (Wildman–Crippen MR) is 124 cm³/mol. The average molecular weight is 418 g/mol. The molecule has 4 aliphatic carbocycles. The van der Waals surface area contributed by atoms with E-state index in [0.717, 1.165) is 44.1 Å². The summed E-state index contributed by atoms with van der Waals surface area (Å²) >= 11 is 0. The lowest BCUT2D eigenvalue weighted by molar-refractivity contribution is -0.0620. The van der Waals surface area contributed by atoms with Crippen molar-refractivity contribution >= 4 is 0 Å². The molecule has 4 N–H and O–H groups in total. The number of hydrogen-bond acceptors (Lipinski definition) is 3. The Hall–Kier alpha value is -0.380. The van der Waals surface area contributed by atoms with Crippen LogP contribution in [0.15, 0.2) is 11.6 Å². The lowest BCUT2D eigenvalue weighted by Crippen LogP contribution is -2.51. The van der Waals surface area contributed by atoms with Crippen LogP contribution in [0.4, 0.5) is 0 Å². The largest absolute Gasteiger partial charge is 0.393 e. The second-order valence-electron chi connectivity index (χ2n) is 12.3. The SMILES string of the molecule is CC(CN)CCCC(C)C1C(O)CC2C3CC=C4CC(O)CCC4(C)C3CCC21C. The number of fused-ring (bicyclic) bond motifs is 5. The van der Waals surface area contributed by atoms with Gasteiger partial charge in [-0.1, -0.05) is 52.2 Å². The van der Waals surface area contributed by atoms with Crippen LogP contribution in [-0.4, -0.2) is 29.0 Å². The van der Waals surface area contributed by atoms with E-state index >= 15 is 0 Å². The summed E-state index contributed by atoms with van der Waals surface area (Å²) in [6.45, 7) is 10.5. The van der Waals surface area contributed by atoms with Gasteiger partial charge in [0.25, 0.3) is 0 Å². The number of aliphatic hydroxyl groups excluding tert-OH is 2. The molecule has 3 heteroatoms. The van der Waals surface area contributed by atoms with Crippen LogP contribution in [0.1, 0.15) is 91.9 Å². The molecule has 10 unspecified atom stereocenters. The summed E-state index contributed by atoms with van der Waals surface area (Å²) in [6, 6.07) is 0. The lowest BCUT2D eigenvalue weighted by Gasteiger charge is -2.58. The zero-order valence-electron chi connectivity index (χ0n) is 19.9. The van der Waals surface area contributed by atoms with Crippen LogP contribution in [0.5, 0.6) is 0 Å².